The third kappa shape index (κ3) is 6.27. The van der Waals surface area contributed by atoms with Gasteiger partial charge < -0.3 is 25.4 Å². The number of carbonyl (C=O) groups excluding carboxylic acids is 5. The summed E-state index contributed by atoms with van der Waals surface area (Å²) in [5, 5.41) is 6.07. The predicted molar refractivity (Wildman–Crippen MR) is 171 cm³/mol. The SMILES string of the molecule is COc1cc2nc(C)nc(N)c2cc1OCC1(CN(C)C(=O)CCCNc2cccc3c2C(=O)N(C2CCC(=O)NC2=O)C3=O)CC1. The summed E-state index contributed by atoms with van der Waals surface area (Å²) < 4.78 is 11.8. The average molecular weight is 644 g/mol. The van der Waals surface area contributed by atoms with Gasteiger partial charge in [-0.25, -0.2) is 9.97 Å². The molecular formula is C33H37N7O7. The lowest BCUT2D eigenvalue weighted by molar-refractivity contribution is -0.136. The highest BCUT2D eigenvalue weighted by molar-refractivity contribution is 6.25. The summed E-state index contributed by atoms with van der Waals surface area (Å²) in [4.78, 5) is 74.7. The molecule has 0 bridgehead atoms. The molecule has 3 aliphatic rings. The van der Waals surface area contributed by atoms with E-state index in [4.69, 9.17) is 15.2 Å². The zero-order valence-electron chi connectivity index (χ0n) is 26.6. The molecule has 6 rings (SSSR count). The number of amides is 5. The van der Waals surface area contributed by atoms with Crippen LogP contribution in [0.25, 0.3) is 10.9 Å². The smallest absolute Gasteiger partial charge is 0.264 e. The minimum Gasteiger partial charge on any atom is -0.493 e. The number of aromatic nitrogens is 2. The number of imide groups is 2. The lowest BCUT2D eigenvalue weighted by Crippen LogP contribution is -2.54. The van der Waals surface area contributed by atoms with Crippen LogP contribution in [0.15, 0.2) is 30.3 Å². The molecule has 1 saturated heterocycles. The van der Waals surface area contributed by atoms with Crippen LogP contribution in [-0.4, -0.2) is 89.2 Å². The average Bonchev–Trinajstić information content (AvgIpc) is 3.75. The summed E-state index contributed by atoms with van der Waals surface area (Å²) in [6, 6.07) is 7.43. The molecule has 2 aromatic carbocycles. The molecule has 1 aliphatic carbocycles. The molecule has 1 aromatic heterocycles. The fourth-order valence-corrected chi connectivity index (χ4v) is 6.22. The molecule has 0 radical (unpaired) electrons. The number of benzene rings is 2. The Labute approximate surface area is 271 Å². The second-order valence-electron chi connectivity index (χ2n) is 12.4. The van der Waals surface area contributed by atoms with Gasteiger partial charge in [0, 0.05) is 55.5 Å². The van der Waals surface area contributed by atoms with Crippen molar-refractivity contribution in [3.05, 3.63) is 47.3 Å². The summed E-state index contributed by atoms with van der Waals surface area (Å²) in [6.07, 6.45) is 2.76. The maximum Gasteiger partial charge on any atom is 0.264 e. The van der Waals surface area contributed by atoms with Crippen LogP contribution in [0.4, 0.5) is 11.5 Å². The third-order valence-corrected chi connectivity index (χ3v) is 8.96. The maximum absolute atomic E-state index is 13.3. The van der Waals surface area contributed by atoms with Crippen LogP contribution < -0.4 is 25.8 Å². The summed E-state index contributed by atoms with van der Waals surface area (Å²) in [5.74, 6) is -0.226. The molecule has 3 heterocycles. The number of nitrogens with two attached hydrogens (primary N) is 1. The monoisotopic (exact) mass is 643 g/mol. The molecule has 14 nitrogen and oxygen atoms in total. The number of hydrogen-bond donors (Lipinski definition) is 3. The molecule has 1 atom stereocenters. The van der Waals surface area contributed by atoms with Crippen molar-refractivity contribution in [3.63, 3.8) is 0 Å². The van der Waals surface area contributed by atoms with Gasteiger partial charge in [0.25, 0.3) is 11.8 Å². The van der Waals surface area contributed by atoms with Crippen LogP contribution in [0.2, 0.25) is 0 Å². The van der Waals surface area contributed by atoms with Crippen LogP contribution in [0.1, 0.15) is 65.1 Å². The zero-order chi connectivity index (χ0) is 33.5. The van der Waals surface area contributed by atoms with E-state index in [9.17, 15) is 24.0 Å². The number of carbonyl (C=O) groups is 5. The molecule has 2 fully saturated rings. The van der Waals surface area contributed by atoms with Crippen LogP contribution in [-0.2, 0) is 14.4 Å². The number of aryl methyl sites for hydroxylation is 1. The molecule has 0 spiro atoms. The van der Waals surface area contributed by atoms with Crippen LogP contribution in [0.5, 0.6) is 11.5 Å². The van der Waals surface area contributed by atoms with Gasteiger partial charge in [0.2, 0.25) is 17.7 Å². The van der Waals surface area contributed by atoms with E-state index < -0.39 is 29.7 Å². The largest absolute Gasteiger partial charge is 0.493 e. The van der Waals surface area contributed by atoms with Gasteiger partial charge in [-0.1, -0.05) is 6.07 Å². The molecule has 5 amide bonds. The first kappa shape index (κ1) is 31.7. The van der Waals surface area contributed by atoms with Crippen LogP contribution in [0, 0.1) is 12.3 Å². The Bertz CT molecular complexity index is 1810. The predicted octanol–water partition coefficient (Wildman–Crippen LogP) is 2.44. The van der Waals surface area contributed by atoms with E-state index in [2.05, 4.69) is 20.6 Å². The van der Waals surface area contributed by atoms with E-state index in [-0.39, 0.29) is 41.7 Å². The highest BCUT2D eigenvalue weighted by Gasteiger charge is 2.46. The molecule has 4 N–H and O–H groups in total. The Balaban J connectivity index is 1.01. The number of fused-ring (bicyclic) bond motifs is 2. The standard InChI is InChI=1S/C33H37N7O7/c1-18-36-22-15-24(46-3)25(14-20(22)29(34)37-18)47-17-33(11-12-33)16-39(2)27(42)8-5-13-35-21-7-4-6-19-28(21)32(45)40(31(19)44)23-9-10-26(41)38-30(23)43/h4,6-7,14-15,23,35H,5,8-13,16-17H2,1-3H3,(H2,34,36,37)(H,38,41,43). The van der Waals surface area contributed by atoms with Gasteiger partial charge in [-0.3, -0.25) is 34.2 Å². The number of nitrogen functional groups attached to an aromatic ring is 1. The normalized spacial score (nSPS) is 18.2. The van der Waals surface area contributed by atoms with E-state index >= 15 is 0 Å². The number of piperidine rings is 1. The second kappa shape index (κ2) is 12.5. The number of nitrogens with one attached hydrogen (secondary N) is 2. The number of anilines is 2. The highest BCUT2D eigenvalue weighted by Crippen LogP contribution is 2.47. The van der Waals surface area contributed by atoms with Crippen molar-refractivity contribution in [1.82, 2.24) is 25.1 Å². The number of ether oxygens (including phenoxy) is 2. The first-order chi connectivity index (χ1) is 22.5. The van der Waals surface area contributed by atoms with Gasteiger partial charge in [0.1, 0.15) is 17.7 Å². The van der Waals surface area contributed by atoms with Gasteiger partial charge in [0.15, 0.2) is 11.5 Å². The summed E-state index contributed by atoms with van der Waals surface area (Å²) in [7, 11) is 3.35. The molecule has 3 aromatic rings. The molecule has 2 aliphatic heterocycles. The topological polar surface area (TPSA) is 186 Å². The lowest BCUT2D eigenvalue weighted by Gasteiger charge is -2.27. The minimum atomic E-state index is -1.03. The third-order valence-electron chi connectivity index (χ3n) is 8.96. The van der Waals surface area contributed by atoms with Crippen molar-refractivity contribution < 1.29 is 33.4 Å². The van der Waals surface area contributed by atoms with E-state index in [1.807, 2.05) is 0 Å². The Morgan fingerprint density at radius 1 is 1.15 bits per heavy atom. The van der Waals surface area contributed by atoms with Crippen molar-refractivity contribution in [2.75, 3.05) is 44.9 Å². The minimum absolute atomic E-state index is 0.0183. The quantitative estimate of drug-likeness (QED) is 0.194. The van der Waals surface area contributed by atoms with Gasteiger partial charge in [-0.15, -0.1) is 0 Å². The number of rotatable bonds is 12. The summed E-state index contributed by atoms with van der Waals surface area (Å²) in [6.45, 7) is 3.11. The molecule has 1 unspecified atom stereocenters. The first-order valence-corrected chi connectivity index (χ1v) is 15.6. The maximum atomic E-state index is 13.3. The Kier molecular flexibility index (Phi) is 8.43. The lowest BCUT2D eigenvalue weighted by atomic mass is 10.0. The van der Waals surface area contributed by atoms with E-state index in [1.165, 1.54) is 0 Å². The van der Waals surface area contributed by atoms with Gasteiger partial charge >= 0.3 is 0 Å². The molecule has 47 heavy (non-hydrogen) atoms. The van der Waals surface area contributed by atoms with Gasteiger partial charge in [-0.05, 0) is 50.8 Å². The van der Waals surface area contributed by atoms with Crippen molar-refractivity contribution in [2.24, 2.45) is 5.41 Å². The van der Waals surface area contributed by atoms with E-state index in [0.717, 1.165) is 17.7 Å². The molecule has 14 heteroatoms. The summed E-state index contributed by atoms with van der Waals surface area (Å²) >= 11 is 0. The van der Waals surface area contributed by atoms with Crippen molar-refractivity contribution in [2.45, 2.75) is 51.5 Å². The number of nitrogens with zero attached hydrogens (tertiary/aromatic N) is 4. The van der Waals surface area contributed by atoms with Crippen molar-refractivity contribution in [1.29, 1.82) is 0 Å². The van der Waals surface area contributed by atoms with E-state index in [1.54, 1.807) is 56.3 Å². The number of hydrogen-bond acceptors (Lipinski definition) is 11. The zero-order valence-corrected chi connectivity index (χ0v) is 26.6. The van der Waals surface area contributed by atoms with Crippen molar-refractivity contribution in [3.8, 4) is 11.5 Å². The number of methoxy groups -OCH3 is 1. The highest BCUT2D eigenvalue weighted by atomic mass is 16.5. The van der Waals surface area contributed by atoms with E-state index in [0.29, 0.717) is 65.8 Å². The fraction of sp³-hybridized carbons (Fsp3) is 0.424. The second-order valence-corrected chi connectivity index (χ2v) is 12.4. The molecule has 1 saturated carbocycles. The summed E-state index contributed by atoms with van der Waals surface area (Å²) in [5.41, 5.74) is 7.48. The van der Waals surface area contributed by atoms with Crippen LogP contribution in [0.3, 0.4) is 0 Å². The van der Waals surface area contributed by atoms with Gasteiger partial charge in [0.05, 0.1) is 30.4 Å². The first-order valence-electron chi connectivity index (χ1n) is 15.6. The van der Waals surface area contributed by atoms with Crippen molar-refractivity contribution >= 4 is 51.9 Å². The Hall–Kier alpha value is -5.27. The van der Waals surface area contributed by atoms with Crippen LogP contribution >= 0.6 is 0 Å². The Morgan fingerprint density at radius 2 is 1.94 bits per heavy atom. The molecular weight excluding hydrogens is 606 g/mol. The van der Waals surface area contributed by atoms with Gasteiger partial charge in [-0.2, -0.15) is 0 Å². The molecule has 246 valence electrons. The Morgan fingerprint density at radius 3 is 2.66 bits per heavy atom. The fourth-order valence-electron chi connectivity index (χ4n) is 6.22.